The van der Waals surface area contributed by atoms with E-state index in [9.17, 15) is 9.59 Å². The van der Waals surface area contributed by atoms with Gasteiger partial charge in [-0.05, 0) is 37.5 Å². The zero-order valence-corrected chi connectivity index (χ0v) is 13.1. The third kappa shape index (κ3) is 3.70. The molecule has 2 aliphatic rings. The Morgan fingerprint density at radius 1 is 1.38 bits per heavy atom. The number of benzene rings is 1. The first-order valence-corrected chi connectivity index (χ1v) is 7.73. The van der Waals surface area contributed by atoms with Crippen LogP contribution in [0.3, 0.4) is 0 Å². The number of nitrogens with one attached hydrogen (secondary N) is 2. The fourth-order valence-electron chi connectivity index (χ4n) is 2.66. The summed E-state index contributed by atoms with van der Waals surface area (Å²) in [7, 11) is 0. The van der Waals surface area contributed by atoms with Crippen LogP contribution in [0.15, 0.2) is 23.1 Å². The smallest absolute Gasteiger partial charge is 0.234 e. The summed E-state index contributed by atoms with van der Waals surface area (Å²) in [5.74, 6) is 0.462. The Balaban J connectivity index is 0.00000161. The lowest BCUT2D eigenvalue weighted by molar-refractivity contribution is -0.119. The molecule has 2 unspecified atom stereocenters. The number of thioether (sulfide) groups is 1. The lowest BCUT2D eigenvalue weighted by Gasteiger charge is -2.18. The highest BCUT2D eigenvalue weighted by molar-refractivity contribution is 8.00. The summed E-state index contributed by atoms with van der Waals surface area (Å²) in [6, 6.07) is 5.75. The molecule has 5 nitrogen and oxygen atoms in total. The molecule has 21 heavy (non-hydrogen) atoms. The molecule has 0 radical (unpaired) electrons. The third-order valence-corrected chi connectivity index (χ3v) is 4.80. The monoisotopic (exact) mass is 327 g/mol. The van der Waals surface area contributed by atoms with Crippen LogP contribution in [0.2, 0.25) is 0 Å². The van der Waals surface area contributed by atoms with Gasteiger partial charge in [0.15, 0.2) is 0 Å². The van der Waals surface area contributed by atoms with Gasteiger partial charge in [0.25, 0.3) is 0 Å². The minimum Gasteiger partial charge on any atom is -0.328 e. The summed E-state index contributed by atoms with van der Waals surface area (Å²) in [5.41, 5.74) is 7.32. The number of fused-ring (bicyclic) bond motifs is 1. The highest BCUT2D eigenvalue weighted by Crippen LogP contribution is 2.34. The second-order valence-electron chi connectivity index (χ2n) is 5.31. The predicted molar refractivity (Wildman–Crippen MR) is 87.0 cm³/mol. The summed E-state index contributed by atoms with van der Waals surface area (Å²) >= 11 is 1.51. The van der Waals surface area contributed by atoms with Gasteiger partial charge in [-0.2, -0.15) is 0 Å². The zero-order chi connectivity index (χ0) is 14.1. The third-order valence-electron chi connectivity index (χ3n) is 3.72. The average Bonchev–Trinajstić information content (AvgIpc) is 2.85. The van der Waals surface area contributed by atoms with Crippen LogP contribution in [-0.2, 0) is 9.59 Å². The fourth-order valence-corrected chi connectivity index (χ4v) is 3.45. The lowest BCUT2D eigenvalue weighted by Crippen LogP contribution is -2.23. The van der Waals surface area contributed by atoms with E-state index < -0.39 is 0 Å². The minimum atomic E-state index is -0.00672. The summed E-state index contributed by atoms with van der Waals surface area (Å²) < 4.78 is 0. The van der Waals surface area contributed by atoms with Crippen LogP contribution in [0, 0.1) is 5.92 Å². The van der Waals surface area contributed by atoms with E-state index in [4.69, 9.17) is 5.73 Å². The number of amides is 2. The van der Waals surface area contributed by atoms with Crippen molar-refractivity contribution < 1.29 is 9.59 Å². The van der Waals surface area contributed by atoms with Crippen molar-refractivity contribution in [2.75, 3.05) is 16.4 Å². The molecule has 2 amide bonds. The topological polar surface area (TPSA) is 84.2 Å². The Hall–Kier alpha value is -1.24. The number of hydrogen-bond acceptors (Lipinski definition) is 4. The van der Waals surface area contributed by atoms with Crippen LogP contribution in [0.25, 0.3) is 0 Å². The van der Waals surface area contributed by atoms with Crippen molar-refractivity contribution in [3.05, 3.63) is 18.2 Å². The van der Waals surface area contributed by atoms with Gasteiger partial charge in [0.05, 0.1) is 11.4 Å². The molecule has 3 rings (SSSR count). The van der Waals surface area contributed by atoms with Crippen LogP contribution in [0.5, 0.6) is 0 Å². The number of carbonyl (C=O) groups excluding carboxylic acids is 2. The quantitative estimate of drug-likeness (QED) is 0.777. The van der Waals surface area contributed by atoms with Gasteiger partial charge in [-0.3, -0.25) is 9.59 Å². The fraction of sp³-hybridized carbons (Fsp3) is 0.429. The van der Waals surface area contributed by atoms with Gasteiger partial charge in [0.2, 0.25) is 11.8 Å². The van der Waals surface area contributed by atoms with Gasteiger partial charge in [0.1, 0.15) is 0 Å². The van der Waals surface area contributed by atoms with Gasteiger partial charge in [0, 0.05) is 22.5 Å². The number of nitrogens with two attached hydrogens (primary N) is 1. The molecule has 0 saturated heterocycles. The number of hydrogen-bond donors (Lipinski definition) is 3. The molecule has 4 N–H and O–H groups in total. The number of rotatable bonds is 2. The number of anilines is 2. The van der Waals surface area contributed by atoms with Gasteiger partial charge >= 0.3 is 0 Å². The molecule has 0 aromatic heterocycles. The molecule has 1 saturated carbocycles. The first-order chi connectivity index (χ1) is 9.61. The maximum Gasteiger partial charge on any atom is 0.234 e. The zero-order valence-electron chi connectivity index (χ0n) is 11.4. The van der Waals surface area contributed by atoms with Gasteiger partial charge in [-0.1, -0.05) is 0 Å². The van der Waals surface area contributed by atoms with E-state index in [0.717, 1.165) is 35.5 Å². The average molecular weight is 328 g/mol. The molecule has 2 atom stereocenters. The Kier molecular flexibility index (Phi) is 5.13. The highest BCUT2D eigenvalue weighted by atomic mass is 35.5. The molecule has 1 fully saturated rings. The second-order valence-corrected chi connectivity index (χ2v) is 6.32. The molecule has 114 valence electrons. The summed E-state index contributed by atoms with van der Waals surface area (Å²) in [6.07, 6.45) is 2.52. The van der Waals surface area contributed by atoms with Crippen LogP contribution in [-0.4, -0.2) is 23.6 Å². The molecular weight excluding hydrogens is 310 g/mol. The molecule has 7 heteroatoms. The van der Waals surface area contributed by atoms with E-state index in [1.54, 1.807) is 0 Å². The van der Waals surface area contributed by atoms with Crippen molar-refractivity contribution in [1.82, 2.24) is 0 Å². The van der Waals surface area contributed by atoms with E-state index in [1.165, 1.54) is 11.8 Å². The van der Waals surface area contributed by atoms with Gasteiger partial charge < -0.3 is 16.4 Å². The molecule has 0 bridgehead atoms. The van der Waals surface area contributed by atoms with Crippen molar-refractivity contribution >= 4 is 47.4 Å². The van der Waals surface area contributed by atoms with Crippen molar-refractivity contribution in [2.24, 2.45) is 11.7 Å². The number of halogens is 1. The highest BCUT2D eigenvalue weighted by Gasteiger charge is 2.28. The lowest BCUT2D eigenvalue weighted by atomic mass is 10.1. The van der Waals surface area contributed by atoms with Crippen molar-refractivity contribution in [1.29, 1.82) is 0 Å². The van der Waals surface area contributed by atoms with E-state index in [0.29, 0.717) is 5.75 Å². The molecule has 1 aliphatic heterocycles. The van der Waals surface area contributed by atoms with Gasteiger partial charge in [-0.15, -0.1) is 24.2 Å². The molecular formula is C14H18ClN3O2S. The Morgan fingerprint density at radius 2 is 2.19 bits per heavy atom. The minimum absolute atomic E-state index is 0. The standard InChI is InChI=1S/C14H17N3O2S.ClH/c15-9-2-1-8(5-9)14(19)16-10-3-4-12-11(6-10)17-13(18)7-20-12;/h3-4,6,8-9H,1-2,5,7,15H2,(H,16,19)(H,17,18);1H. The summed E-state index contributed by atoms with van der Waals surface area (Å²) in [5, 5.41) is 5.73. The molecule has 1 aliphatic carbocycles. The Morgan fingerprint density at radius 3 is 2.90 bits per heavy atom. The van der Waals surface area contributed by atoms with Crippen LogP contribution in [0.4, 0.5) is 11.4 Å². The summed E-state index contributed by atoms with van der Waals surface area (Å²) in [6.45, 7) is 0. The van der Waals surface area contributed by atoms with E-state index >= 15 is 0 Å². The maximum atomic E-state index is 12.1. The number of carbonyl (C=O) groups is 2. The molecule has 1 heterocycles. The first-order valence-electron chi connectivity index (χ1n) is 6.75. The van der Waals surface area contributed by atoms with Crippen molar-refractivity contribution in [3.63, 3.8) is 0 Å². The van der Waals surface area contributed by atoms with Crippen LogP contribution < -0.4 is 16.4 Å². The van der Waals surface area contributed by atoms with E-state index in [2.05, 4.69) is 10.6 Å². The Labute approximate surface area is 133 Å². The summed E-state index contributed by atoms with van der Waals surface area (Å²) in [4.78, 5) is 24.5. The second kappa shape index (κ2) is 6.68. The predicted octanol–water partition coefficient (Wildman–Crippen LogP) is 2.22. The molecule has 0 spiro atoms. The van der Waals surface area contributed by atoms with Crippen molar-refractivity contribution in [2.45, 2.75) is 30.2 Å². The molecule has 1 aromatic carbocycles. The largest absolute Gasteiger partial charge is 0.328 e. The van der Waals surface area contributed by atoms with Crippen LogP contribution in [0.1, 0.15) is 19.3 Å². The molecule has 1 aromatic rings. The normalized spacial score (nSPS) is 23.8. The van der Waals surface area contributed by atoms with E-state index in [-0.39, 0.29) is 36.2 Å². The van der Waals surface area contributed by atoms with Gasteiger partial charge in [-0.25, -0.2) is 0 Å². The Bertz CT molecular complexity index is 567. The van der Waals surface area contributed by atoms with Crippen molar-refractivity contribution in [3.8, 4) is 0 Å². The first kappa shape index (κ1) is 16.1. The maximum absolute atomic E-state index is 12.1. The SMILES string of the molecule is Cl.NC1CCC(C(=O)Nc2ccc3c(c2)NC(=O)CS3)C1. The van der Waals surface area contributed by atoms with Crippen LogP contribution >= 0.6 is 24.2 Å². The van der Waals surface area contributed by atoms with E-state index in [1.807, 2.05) is 18.2 Å².